The van der Waals surface area contributed by atoms with Gasteiger partial charge in [0.15, 0.2) is 0 Å². The SMILES string of the molecule is CCCC(C)N(C)CCNc1ccccc1. The first kappa shape index (κ1) is 13.0. The predicted molar refractivity (Wildman–Crippen MR) is 71.9 cm³/mol. The van der Waals surface area contributed by atoms with Crippen molar-refractivity contribution in [3.05, 3.63) is 30.3 Å². The second kappa shape index (κ2) is 7.29. The van der Waals surface area contributed by atoms with Gasteiger partial charge in [0.2, 0.25) is 0 Å². The Labute approximate surface area is 99.7 Å². The fraction of sp³-hybridized carbons (Fsp3) is 0.571. The zero-order valence-electron chi connectivity index (χ0n) is 10.7. The fourth-order valence-corrected chi connectivity index (χ4v) is 1.79. The van der Waals surface area contributed by atoms with Crippen LogP contribution in [0, 0.1) is 0 Å². The molecule has 0 bridgehead atoms. The summed E-state index contributed by atoms with van der Waals surface area (Å²) in [5.74, 6) is 0. The van der Waals surface area contributed by atoms with Gasteiger partial charge in [-0.05, 0) is 32.5 Å². The number of anilines is 1. The molecule has 0 aliphatic heterocycles. The molecule has 0 aliphatic rings. The molecule has 0 fully saturated rings. The lowest BCUT2D eigenvalue weighted by Crippen LogP contribution is -2.33. The normalized spacial score (nSPS) is 12.8. The van der Waals surface area contributed by atoms with Gasteiger partial charge in [-0.1, -0.05) is 31.5 Å². The van der Waals surface area contributed by atoms with Crippen LogP contribution in [0.15, 0.2) is 30.3 Å². The quantitative estimate of drug-likeness (QED) is 0.759. The van der Waals surface area contributed by atoms with E-state index in [4.69, 9.17) is 0 Å². The lowest BCUT2D eigenvalue weighted by Gasteiger charge is -2.24. The summed E-state index contributed by atoms with van der Waals surface area (Å²) in [5, 5.41) is 3.43. The molecule has 0 spiro atoms. The molecule has 0 saturated carbocycles. The van der Waals surface area contributed by atoms with Crippen molar-refractivity contribution in [2.75, 3.05) is 25.5 Å². The van der Waals surface area contributed by atoms with Crippen molar-refractivity contribution >= 4 is 5.69 Å². The minimum Gasteiger partial charge on any atom is -0.384 e. The van der Waals surface area contributed by atoms with Gasteiger partial charge in [-0.25, -0.2) is 0 Å². The van der Waals surface area contributed by atoms with Crippen molar-refractivity contribution in [3.8, 4) is 0 Å². The van der Waals surface area contributed by atoms with Crippen LogP contribution in [0.2, 0.25) is 0 Å². The first-order valence-corrected chi connectivity index (χ1v) is 6.23. The van der Waals surface area contributed by atoms with Crippen LogP contribution in [0.25, 0.3) is 0 Å². The monoisotopic (exact) mass is 220 g/mol. The minimum atomic E-state index is 0.683. The summed E-state index contributed by atoms with van der Waals surface area (Å²) >= 11 is 0. The summed E-state index contributed by atoms with van der Waals surface area (Å²) in [4.78, 5) is 2.42. The summed E-state index contributed by atoms with van der Waals surface area (Å²) in [6, 6.07) is 11.1. The van der Waals surface area contributed by atoms with E-state index in [-0.39, 0.29) is 0 Å². The highest BCUT2D eigenvalue weighted by molar-refractivity contribution is 5.42. The summed E-state index contributed by atoms with van der Waals surface area (Å²) in [6.45, 7) is 6.64. The molecule has 2 heteroatoms. The number of hydrogen-bond donors (Lipinski definition) is 1. The van der Waals surface area contributed by atoms with E-state index in [0.29, 0.717) is 6.04 Å². The Balaban J connectivity index is 2.20. The summed E-state index contributed by atoms with van der Waals surface area (Å²) in [5.41, 5.74) is 1.21. The highest BCUT2D eigenvalue weighted by atomic mass is 15.1. The molecule has 0 aromatic heterocycles. The number of nitrogens with zero attached hydrogens (tertiary/aromatic N) is 1. The summed E-state index contributed by atoms with van der Waals surface area (Å²) in [6.07, 6.45) is 2.54. The van der Waals surface area contributed by atoms with Crippen LogP contribution >= 0.6 is 0 Å². The second-order valence-corrected chi connectivity index (χ2v) is 4.41. The fourth-order valence-electron chi connectivity index (χ4n) is 1.79. The van der Waals surface area contributed by atoms with Gasteiger partial charge >= 0.3 is 0 Å². The molecular weight excluding hydrogens is 196 g/mol. The van der Waals surface area contributed by atoms with Gasteiger partial charge in [0, 0.05) is 24.8 Å². The molecule has 1 N–H and O–H groups in total. The van der Waals surface area contributed by atoms with Gasteiger partial charge in [0.1, 0.15) is 0 Å². The smallest absolute Gasteiger partial charge is 0.0340 e. The lowest BCUT2D eigenvalue weighted by atomic mass is 10.2. The molecule has 90 valence electrons. The number of hydrogen-bond acceptors (Lipinski definition) is 2. The standard InChI is InChI=1S/C14H24N2/c1-4-8-13(2)16(3)12-11-15-14-9-6-5-7-10-14/h5-7,9-10,13,15H,4,8,11-12H2,1-3H3. The van der Waals surface area contributed by atoms with Gasteiger partial charge in [-0.15, -0.1) is 0 Å². The molecule has 1 atom stereocenters. The van der Waals surface area contributed by atoms with Crippen molar-refractivity contribution < 1.29 is 0 Å². The van der Waals surface area contributed by atoms with Crippen molar-refractivity contribution in [2.45, 2.75) is 32.7 Å². The topological polar surface area (TPSA) is 15.3 Å². The van der Waals surface area contributed by atoms with Gasteiger partial charge in [-0.2, -0.15) is 0 Å². The van der Waals surface area contributed by atoms with Crippen molar-refractivity contribution in [3.63, 3.8) is 0 Å². The molecule has 0 radical (unpaired) electrons. The Morgan fingerprint density at radius 3 is 2.56 bits per heavy atom. The number of rotatable bonds is 7. The van der Waals surface area contributed by atoms with Crippen LogP contribution in [0.1, 0.15) is 26.7 Å². The average Bonchev–Trinajstić information content (AvgIpc) is 2.30. The van der Waals surface area contributed by atoms with E-state index in [1.807, 2.05) is 6.07 Å². The van der Waals surface area contributed by atoms with Crippen LogP contribution in [-0.4, -0.2) is 31.1 Å². The van der Waals surface area contributed by atoms with Gasteiger partial charge in [-0.3, -0.25) is 0 Å². The number of para-hydroxylation sites is 1. The van der Waals surface area contributed by atoms with E-state index < -0.39 is 0 Å². The number of likely N-dealkylation sites (N-methyl/N-ethyl adjacent to an activating group) is 1. The molecule has 0 aliphatic carbocycles. The highest BCUT2D eigenvalue weighted by Gasteiger charge is 2.06. The summed E-state index contributed by atoms with van der Waals surface area (Å²) < 4.78 is 0. The third-order valence-electron chi connectivity index (χ3n) is 3.03. The third kappa shape index (κ3) is 4.67. The maximum Gasteiger partial charge on any atom is 0.0340 e. The maximum atomic E-state index is 3.43. The molecule has 1 aromatic rings. The second-order valence-electron chi connectivity index (χ2n) is 4.41. The zero-order valence-corrected chi connectivity index (χ0v) is 10.7. The van der Waals surface area contributed by atoms with E-state index in [1.165, 1.54) is 18.5 Å². The van der Waals surface area contributed by atoms with E-state index >= 15 is 0 Å². The van der Waals surface area contributed by atoms with Crippen LogP contribution in [0.3, 0.4) is 0 Å². The summed E-state index contributed by atoms with van der Waals surface area (Å²) in [7, 11) is 2.20. The van der Waals surface area contributed by atoms with Crippen LogP contribution in [-0.2, 0) is 0 Å². The molecule has 16 heavy (non-hydrogen) atoms. The Hall–Kier alpha value is -1.02. The van der Waals surface area contributed by atoms with Crippen LogP contribution in [0.4, 0.5) is 5.69 Å². The van der Waals surface area contributed by atoms with Crippen LogP contribution < -0.4 is 5.32 Å². The molecule has 1 aromatic carbocycles. The van der Waals surface area contributed by atoms with E-state index in [2.05, 4.69) is 55.4 Å². The zero-order chi connectivity index (χ0) is 11.8. The Bertz CT molecular complexity index is 271. The minimum absolute atomic E-state index is 0.683. The number of nitrogens with one attached hydrogen (secondary N) is 1. The maximum absolute atomic E-state index is 3.43. The number of benzene rings is 1. The van der Waals surface area contributed by atoms with E-state index in [1.54, 1.807) is 0 Å². The molecule has 1 rings (SSSR count). The van der Waals surface area contributed by atoms with Crippen molar-refractivity contribution in [2.24, 2.45) is 0 Å². The van der Waals surface area contributed by atoms with E-state index in [0.717, 1.165) is 13.1 Å². The molecule has 0 amide bonds. The van der Waals surface area contributed by atoms with Crippen molar-refractivity contribution in [1.29, 1.82) is 0 Å². The molecular formula is C14H24N2. The molecule has 2 nitrogen and oxygen atoms in total. The third-order valence-corrected chi connectivity index (χ3v) is 3.03. The molecule has 0 saturated heterocycles. The Kier molecular flexibility index (Phi) is 5.94. The molecule has 0 heterocycles. The van der Waals surface area contributed by atoms with E-state index in [9.17, 15) is 0 Å². The predicted octanol–water partition coefficient (Wildman–Crippen LogP) is 3.22. The first-order valence-electron chi connectivity index (χ1n) is 6.23. The highest BCUT2D eigenvalue weighted by Crippen LogP contribution is 2.06. The van der Waals surface area contributed by atoms with Crippen LogP contribution in [0.5, 0.6) is 0 Å². The first-order chi connectivity index (χ1) is 7.74. The largest absolute Gasteiger partial charge is 0.384 e. The molecule has 1 unspecified atom stereocenters. The van der Waals surface area contributed by atoms with Gasteiger partial charge in [0.25, 0.3) is 0 Å². The van der Waals surface area contributed by atoms with Crippen molar-refractivity contribution in [1.82, 2.24) is 4.90 Å². The van der Waals surface area contributed by atoms with Gasteiger partial charge < -0.3 is 10.2 Å². The lowest BCUT2D eigenvalue weighted by molar-refractivity contribution is 0.254. The average molecular weight is 220 g/mol. The Morgan fingerprint density at radius 1 is 1.25 bits per heavy atom. The van der Waals surface area contributed by atoms with Gasteiger partial charge in [0.05, 0.1) is 0 Å². The Morgan fingerprint density at radius 2 is 1.94 bits per heavy atom.